The molecule has 7 nitrogen and oxygen atoms in total. The molecule has 0 radical (unpaired) electrons. The molecule has 4 rings (SSSR count). The third kappa shape index (κ3) is 3.24. The van der Waals surface area contributed by atoms with Crippen LogP contribution in [0.15, 0.2) is 18.6 Å². The number of hydrogen-bond donors (Lipinski definition) is 1. The standard InChI is InChI=1S/C20H29N5O2/c1-19(2,3)27-18(26)25-10-13-8-14(9-20(13,4)11-25)24(5)17-15-6-7-21-16(15)22-12-23-17/h6-7,12-14H,8-11H2,1-5H3,(H,21,22,23)/t13?,14-,20-/m0/s1. The molecule has 2 fully saturated rings. The van der Waals surface area contributed by atoms with Gasteiger partial charge in [-0.3, -0.25) is 0 Å². The second kappa shape index (κ2) is 6.11. The van der Waals surface area contributed by atoms with Gasteiger partial charge in [0.2, 0.25) is 0 Å². The highest BCUT2D eigenvalue weighted by Gasteiger charge is 2.52. The highest BCUT2D eigenvalue weighted by molar-refractivity contribution is 5.87. The number of anilines is 1. The Morgan fingerprint density at radius 2 is 2.19 bits per heavy atom. The van der Waals surface area contributed by atoms with Crippen molar-refractivity contribution >= 4 is 22.9 Å². The molecule has 1 saturated heterocycles. The summed E-state index contributed by atoms with van der Waals surface area (Å²) < 4.78 is 5.57. The van der Waals surface area contributed by atoms with E-state index < -0.39 is 5.60 Å². The van der Waals surface area contributed by atoms with Crippen LogP contribution in [0.2, 0.25) is 0 Å². The minimum Gasteiger partial charge on any atom is -0.444 e. The summed E-state index contributed by atoms with van der Waals surface area (Å²) in [4.78, 5) is 28.6. The molecule has 1 amide bonds. The lowest BCUT2D eigenvalue weighted by Crippen LogP contribution is -2.38. The van der Waals surface area contributed by atoms with Crippen molar-refractivity contribution in [2.75, 3.05) is 25.0 Å². The van der Waals surface area contributed by atoms with Crippen molar-refractivity contribution in [3.05, 3.63) is 18.6 Å². The summed E-state index contributed by atoms with van der Waals surface area (Å²) >= 11 is 0. The number of likely N-dealkylation sites (tertiary alicyclic amines) is 1. The molecule has 0 aromatic carbocycles. The molecular formula is C20H29N5O2. The first-order valence-corrected chi connectivity index (χ1v) is 9.65. The molecule has 1 aliphatic heterocycles. The van der Waals surface area contributed by atoms with Crippen LogP contribution in [0.25, 0.3) is 11.0 Å². The zero-order valence-corrected chi connectivity index (χ0v) is 16.8. The molecule has 3 heterocycles. The molecule has 1 unspecified atom stereocenters. The molecular weight excluding hydrogens is 342 g/mol. The summed E-state index contributed by atoms with van der Waals surface area (Å²) in [6.45, 7) is 9.59. The Kier molecular flexibility index (Phi) is 4.09. The number of fused-ring (bicyclic) bond motifs is 2. The quantitative estimate of drug-likeness (QED) is 0.875. The van der Waals surface area contributed by atoms with Gasteiger partial charge in [0.05, 0.1) is 5.39 Å². The largest absolute Gasteiger partial charge is 0.444 e. The van der Waals surface area contributed by atoms with E-state index in [-0.39, 0.29) is 11.5 Å². The number of nitrogens with one attached hydrogen (secondary N) is 1. The van der Waals surface area contributed by atoms with E-state index in [2.05, 4.69) is 33.8 Å². The number of aromatic amines is 1. The molecule has 3 atom stereocenters. The van der Waals surface area contributed by atoms with Gasteiger partial charge in [-0.2, -0.15) is 0 Å². The van der Waals surface area contributed by atoms with E-state index in [4.69, 9.17) is 4.74 Å². The number of hydrogen-bond acceptors (Lipinski definition) is 5. The molecule has 0 bridgehead atoms. The van der Waals surface area contributed by atoms with Crippen LogP contribution < -0.4 is 4.90 Å². The lowest BCUT2D eigenvalue weighted by atomic mass is 9.83. The maximum absolute atomic E-state index is 12.5. The SMILES string of the molecule is CN(c1ncnc2[nH]ccc12)[C@H]1CC2CN(C(=O)OC(C)(C)C)C[C@]2(C)C1. The highest BCUT2D eigenvalue weighted by atomic mass is 16.6. The number of nitrogens with zero attached hydrogens (tertiary/aromatic N) is 4. The smallest absolute Gasteiger partial charge is 0.410 e. The van der Waals surface area contributed by atoms with E-state index in [1.54, 1.807) is 6.33 Å². The molecule has 2 aliphatic rings. The average Bonchev–Trinajstić information content (AvgIpc) is 3.23. The molecule has 2 aromatic heterocycles. The summed E-state index contributed by atoms with van der Waals surface area (Å²) in [5.74, 6) is 1.46. The molecule has 2 aromatic rings. The van der Waals surface area contributed by atoms with Crippen molar-refractivity contribution in [3.8, 4) is 0 Å². The van der Waals surface area contributed by atoms with Gasteiger partial charge in [-0.05, 0) is 51.0 Å². The minimum atomic E-state index is -0.451. The summed E-state index contributed by atoms with van der Waals surface area (Å²) in [5, 5.41) is 1.05. The van der Waals surface area contributed by atoms with Crippen molar-refractivity contribution in [3.63, 3.8) is 0 Å². The topological polar surface area (TPSA) is 74.4 Å². The molecule has 1 aliphatic carbocycles. The van der Waals surface area contributed by atoms with Crippen molar-refractivity contribution < 1.29 is 9.53 Å². The molecule has 146 valence electrons. The van der Waals surface area contributed by atoms with Gasteiger partial charge < -0.3 is 19.5 Å². The van der Waals surface area contributed by atoms with Gasteiger partial charge in [0.1, 0.15) is 23.4 Å². The average molecular weight is 371 g/mol. The second-order valence-corrected chi connectivity index (χ2v) is 9.35. The number of H-pyrrole nitrogens is 1. The van der Waals surface area contributed by atoms with Crippen molar-refractivity contribution in [2.24, 2.45) is 11.3 Å². The molecule has 27 heavy (non-hydrogen) atoms. The van der Waals surface area contributed by atoms with Crippen LogP contribution in [0.3, 0.4) is 0 Å². The fraction of sp³-hybridized carbons (Fsp3) is 0.650. The third-order valence-electron chi connectivity index (χ3n) is 6.10. The molecule has 1 saturated carbocycles. The number of aromatic nitrogens is 3. The van der Waals surface area contributed by atoms with Gasteiger partial charge in [0.25, 0.3) is 0 Å². The third-order valence-corrected chi connectivity index (χ3v) is 6.10. The number of carbonyl (C=O) groups excluding carboxylic acids is 1. The van der Waals surface area contributed by atoms with Crippen molar-refractivity contribution in [1.29, 1.82) is 0 Å². The predicted octanol–water partition coefficient (Wildman–Crippen LogP) is 3.43. The number of ether oxygens (including phenoxy) is 1. The van der Waals surface area contributed by atoms with Gasteiger partial charge in [-0.15, -0.1) is 0 Å². The fourth-order valence-corrected chi connectivity index (χ4v) is 4.73. The van der Waals surface area contributed by atoms with Crippen molar-refractivity contribution in [2.45, 2.75) is 52.2 Å². The Hall–Kier alpha value is -2.31. The molecule has 0 spiro atoms. The Labute approximate surface area is 160 Å². The Balaban J connectivity index is 1.47. The summed E-state index contributed by atoms with van der Waals surface area (Å²) in [5.41, 5.74) is 0.542. The van der Waals surface area contributed by atoms with Gasteiger partial charge in [0.15, 0.2) is 0 Å². The van der Waals surface area contributed by atoms with E-state index in [0.717, 1.165) is 42.8 Å². The first kappa shape index (κ1) is 18.1. The first-order valence-electron chi connectivity index (χ1n) is 9.65. The van der Waals surface area contributed by atoms with E-state index in [1.165, 1.54) is 0 Å². The first-order chi connectivity index (χ1) is 12.7. The van der Waals surface area contributed by atoms with Crippen LogP contribution in [0, 0.1) is 11.3 Å². The lowest BCUT2D eigenvalue weighted by molar-refractivity contribution is 0.0269. The Bertz CT molecular complexity index is 857. The fourth-order valence-electron chi connectivity index (χ4n) is 4.73. The minimum absolute atomic E-state index is 0.125. The monoisotopic (exact) mass is 371 g/mol. The van der Waals surface area contributed by atoms with Gasteiger partial charge in [-0.1, -0.05) is 6.92 Å². The summed E-state index contributed by atoms with van der Waals surface area (Å²) in [6.07, 6.45) is 5.44. The Morgan fingerprint density at radius 1 is 1.41 bits per heavy atom. The van der Waals surface area contributed by atoms with Crippen LogP contribution in [-0.4, -0.2) is 57.7 Å². The van der Waals surface area contributed by atoms with E-state index in [1.807, 2.05) is 37.9 Å². The maximum Gasteiger partial charge on any atom is 0.410 e. The predicted molar refractivity (Wildman–Crippen MR) is 105 cm³/mol. The molecule has 1 N–H and O–H groups in total. The van der Waals surface area contributed by atoms with E-state index in [9.17, 15) is 4.79 Å². The number of rotatable bonds is 2. The Morgan fingerprint density at radius 3 is 2.89 bits per heavy atom. The normalized spacial score (nSPS) is 27.8. The highest BCUT2D eigenvalue weighted by Crippen LogP contribution is 2.50. The zero-order valence-electron chi connectivity index (χ0n) is 16.8. The van der Waals surface area contributed by atoms with Gasteiger partial charge in [-0.25, -0.2) is 14.8 Å². The van der Waals surface area contributed by atoms with Crippen molar-refractivity contribution in [1.82, 2.24) is 19.9 Å². The summed E-state index contributed by atoms with van der Waals surface area (Å²) in [7, 11) is 2.12. The summed E-state index contributed by atoms with van der Waals surface area (Å²) in [6, 6.07) is 2.44. The number of amides is 1. The van der Waals surface area contributed by atoms with Gasteiger partial charge in [0, 0.05) is 32.4 Å². The number of carbonyl (C=O) groups is 1. The lowest BCUT2D eigenvalue weighted by Gasteiger charge is -2.30. The van der Waals surface area contributed by atoms with Crippen LogP contribution in [-0.2, 0) is 4.74 Å². The maximum atomic E-state index is 12.5. The van der Waals surface area contributed by atoms with Gasteiger partial charge >= 0.3 is 6.09 Å². The van der Waals surface area contributed by atoms with Crippen LogP contribution >= 0.6 is 0 Å². The van der Waals surface area contributed by atoms with E-state index >= 15 is 0 Å². The molecule has 7 heteroatoms. The van der Waals surface area contributed by atoms with Crippen LogP contribution in [0.5, 0.6) is 0 Å². The van der Waals surface area contributed by atoms with E-state index in [0.29, 0.717) is 12.0 Å². The van der Waals surface area contributed by atoms with Crippen LogP contribution in [0.1, 0.15) is 40.5 Å². The van der Waals surface area contributed by atoms with Crippen LogP contribution in [0.4, 0.5) is 10.6 Å². The second-order valence-electron chi connectivity index (χ2n) is 9.35. The zero-order chi connectivity index (χ0) is 19.4.